The maximum Gasteiger partial charge on any atom is 0.352 e. The van der Waals surface area contributed by atoms with Gasteiger partial charge < -0.3 is 31.6 Å². The number of likely N-dealkylation sites (tertiary alicyclic amines) is 1. The number of aromatic nitrogens is 2. The minimum absolute atomic E-state index is 0.0639. The van der Waals surface area contributed by atoms with E-state index in [-0.39, 0.29) is 28.3 Å². The number of nitrogen functional groups attached to an aromatic ring is 1. The maximum atomic E-state index is 13.0. The number of amides is 3. The maximum absolute atomic E-state index is 13.0. The highest BCUT2D eigenvalue weighted by molar-refractivity contribution is 8.00. The van der Waals surface area contributed by atoms with Crippen molar-refractivity contribution >= 4 is 57.8 Å². The molecule has 208 valence electrons. The van der Waals surface area contributed by atoms with Gasteiger partial charge >= 0.3 is 5.97 Å². The summed E-state index contributed by atoms with van der Waals surface area (Å²) in [7, 11) is 0. The third-order valence-electron chi connectivity index (χ3n) is 6.91. The number of carbonyl (C=O) groups excluding carboxylic acids is 3. The number of nitrogens with zero attached hydrogens (tertiary/aromatic N) is 6. The first-order valence-electron chi connectivity index (χ1n) is 12.2. The number of allylic oxidation sites excluding steroid dienone is 1. The van der Waals surface area contributed by atoms with E-state index in [9.17, 15) is 29.5 Å². The largest absolute Gasteiger partial charge is 0.477 e. The third-order valence-corrected chi connectivity index (χ3v) is 8.76. The number of nitrogens with one attached hydrogen (secondary N) is 2. The van der Waals surface area contributed by atoms with Crippen molar-refractivity contribution in [1.29, 1.82) is 0 Å². The predicted octanol–water partition coefficient (Wildman–Crippen LogP) is -1.90. The molecule has 5 heterocycles. The summed E-state index contributed by atoms with van der Waals surface area (Å²) in [5.41, 5.74) is 5.67. The Kier molecular flexibility index (Phi) is 7.83. The number of carboxylic acids is 1. The number of hydrogen-bond acceptors (Lipinski definition) is 13. The topological polar surface area (TPSA) is 207 Å². The van der Waals surface area contributed by atoms with Crippen LogP contribution in [-0.4, -0.2) is 127 Å². The number of carbonyl (C=O) groups is 4. The zero-order valence-electron chi connectivity index (χ0n) is 20.7. The van der Waals surface area contributed by atoms with Crippen molar-refractivity contribution in [2.45, 2.75) is 17.8 Å². The monoisotopic (exact) mass is 577 g/mol. The zero-order valence-corrected chi connectivity index (χ0v) is 22.3. The first-order valence-corrected chi connectivity index (χ1v) is 14.1. The van der Waals surface area contributed by atoms with Crippen molar-refractivity contribution in [2.75, 3.05) is 57.3 Å². The van der Waals surface area contributed by atoms with Gasteiger partial charge in [0, 0.05) is 68.7 Å². The number of aliphatic carboxylic acids is 1. The number of carboxylic acid groups (broad SMARTS) is 1. The fourth-order valence-electron chi connectivity index (χ4n) is 4.91. The van der Waals surface area contributed by atoms with Gasteiger partial charge in [0.2, 0.25) is 17.4 Å². The molecule has 39 heavy (non-hydrogen) atoms. The number of oxime groups is 1. The number of anilines is 1. The molecule has 0 radical (unpaired) electrons. The van der Waals surface area contributed by atoms with Crippen LogP contribution >= 0.6 is 23.3 Å². The van der Waals surface area contributed by atoms with Gasteiger partial charge in [-0.25, -0.2) is 4.79 Å². The lowest BCUT2D eigenvalue weighted by Gasteiger charge is -2.49. The Hall–Kier alpha value is -3.54. The van der Waals surface area contributed by atoms with Crippen molar-refractivity contribution in [3.05, 3.63) is 28.7 Å². The minimum atomic E-state index is -1.30. The molecule has 2 atom stereocenters. The standard InChI is InChI=1S/C22H27N9O6S2/c23-22-26-16(28-39-22)13(27-37)17(32)25-14-19(34)31-15(21(35)36)12(10-38-20(14)31)9-11-1-4-30(18(11)33)8-7-29-5-2-24-3-6-29/h9,14,20,24,37H,1-8,10H2,(H,25,32)(H,35,36)(H2,23,26,28)/b11-9+,27-13-/t14-,20-/m1/s1. The summed E-state index contributed by atoms with van der Waals surface area (Å²) in [4.78, 5) is 59.8. The lowest BCUT2D eigenvalue weighted by Crippen LogP contribution is -2.71. The molecular formula is C22H27N9O6S2. The molecule has 0 spiro atoms. The molecule has 3 fully saturated rings. The van der Waals surface area contributed by atoms with Crippen LogP contribution in [0.1, 0.15) is 12.2 Å². The van der Waals surface area contributed by atoms with Gasteiger partial charge in [-0.05, 0) is 18.1 Å². The van der Waals surface area contributed by atoms with E-state index in [2.05, 4.69) is 30.0 Å². The van der Waals surface area contributed by atoms with Crippen LogP contribution in [-0.2, 0) is 19.2 Å². The minimum Gasteiger partial charge on any atom is -0.477 e. The summed E-state index contributed by atoms with van der Waals surface area (Å²) in [5.74, 6) is -2.92. The van der Waals surface area contributed by atoms with Gasteiger partial charge in [0.05, 0.1) is 0 Å². The molecule has 6 N–H and O–H groups in total. The molecule has 1 aromatic rings. The van der Waals surface area contributed by atoms with Gasteiger partial charge in [0.25, 0.3) is 11.8 Å². The Morgan fingerprint density at radius 1 is 1.23 bits per heavy atom. The molecule has 4 aliphatic rings. The van der Waals surface area contributed by atoms with Crippen LogP contribution in [0.2, 0.25) is 0 Å². The molecule has 5 rings (SSSR count). The number of rotatable bonds is 8. The molecule has 15 nitrogen and oxygen atoms in total. The Bertz CT molecular complexity index is 1290. The Morgan fingerprint density at radius 2 is 2.00 bits per heavy atom. The fraction of sp³-hybridized carbons (Fsp3) is 0.500. The van der Waals surface area contributed by atoms with Crippen LogP contribution in [0.5, 0.6) is 0 Å². The van der Waals surface area contributed by atoms with Crippen molar-refractivity contribution in [3.63, 3.8) is 0 Å². The van der Waals surface area contributed by atoms with Gasteiger partial charge in [-0.2, -0.15) is 9.36 Å². The summed E-state index contributed by atoms with van der Waals surface area (Å²) in [6, 6.07) is -1.05. The second kappa shape index (κ2) is 11.3. The number of nitrogens with two attached hydrogens (primary N) is 1. The quantitative estimate of drug-likeness (QED) is 0.0755. The molecule has 4 aliphatic heterocycles. The van der Waals surface area contributed by atoms with E-state index in [1.165, 1.54) is 11.8 Å². The summed E-state index contributed by atoms with van der Waals surface area (Å²) in [6.45, 7) is 5.68. The highest BCUT2D eigenvalue weighted by Gasteiger charge is 2.54. The summed E-state index contributed by atoms with van der Waals surface area (Å²) in [6.07, 6.45) is 2.09. The van der Waals surface area contributed by atoms with Crippen LogP contribution < -0.4 is 16.4 Å². The lowest BCUT2D eigenvalue weighted by atomic mass is 10.0. The molecule has 0 bridgehead atoms. The van der Waals surface area contributed by atoms with Crippen molar-refractivity contribution in [2.24, 2.45) is 5.16 Å². The van der Waals surface area contributed by atoms with Gasteiger partial charge in [-0.3, -0.25) is 24.2 Å². The lowest BCUT2D eigenvalue weighted by molar-refractivity contribution is -0.150. The van der Waals surface area contributed by atoms with Gasteiger partial charge in [-0.15, -0.1) is 11.8 Å². The Labute approximate surface area is 230 Å². The third kappa shape index (κ3) is 5.34. The van der Waals surface area contributed by atoms with Gasteiger partial charge in [-0.1, -0.05) is 5.16 Å². The first kappa shape index (κ1) is 27.0. The Balaban J connectivity index is 1.26. The van der Waals surface area contributed by atoms with E-state index in [0.29, 0.717) is 30.7 Å². The average molecular weight is 578 g/mol. The molecule has 17 heteroatoms. The van der Waals surface area contributed by atoms with E-state index in [1.54, 1.807) is 11.0 Å². The SMILES string of the molecule is Nc1nc(/C(=N/O)C(=O)N[C@@H]2C(=O)N3C(C(=O)O)=C(/C=C4\CCN(CCN5CCNCC5)C4=O)CS[C@H]23)ns1. The molecule has 1 aromatic heterocycles. The van der Waals surface area contributed by atoms with E-state index < -0.39 is 34.9 Å². The van der Waals surface area contributed by atoms with Crippen LogP contribution in [0.4, 0.5) is 5.13 Å². The van der Waals surface area contributed by atoms with E-state index in [0.717, 1.165) is 49.2 Å². The smallest absolute Gasteiger partial charge is 0.352 e. The van der Waals surface area contributed by atoms with Crippen LogP contribution in [0.25, 0.3) is 0 Å². The molecular weight excluding hydrogens is 550 g/mol. The normalized spacial score (nSPS) is 25.2. The zero-order chi connectivity index (χ0) is 27.7. The molecule has 3 amide bonds. The summed E-state index contributed by atoms with van der Waals surface area (Å²) >= 11 is 2.07. The average Bonchev–Trinajstić information content (AvgIpc) is 3.51. The van der Waals surface area contributed by atoms with Gasteiger partial charge in [0.1, 0.15) is 17.1 Å². The number of piperazine rings is 1. The van der Waals surface area contributed by atoms with Crippen LogP contribution in [0.15, 0.2) is 28.1 Å². The second-order valence-electron chi connectivity index (χ2n) is 9.25. The number of thioether (sulfide) groups is 1. The van der Waals surface area contributed by atoms with Crippen molar-refractivity contribution < 1.29 is 29.5 Å². The number of hydrogen-bond donors (Lipinski definition) is 5. The molecule has 0 aliphatic carbocycles. The van der Waals surface area contributed by atoms with E-state index in [4.69, 9.17) is 5.73 Å². The molecule has 0 unspecified atom stereocenters. The molecule has 3 saturated heterocycles. The van der Waals surface area contributed by atoms with Crippen LogP contribution in [0.3, 0.4) is 0 Å². The predicted molar refractivity (Wildman–Crippen MR) is 141 cm³/mol. The second-order valence-corrected chi connectivity index (χ2v) is 11.1. The fourth-order valence-corrected chi connectivity index (χ4v) is 6.65. The summed E-state index contributed by atoms with van der Waals surface area (Å²) < 4.78 is 3.83. The highest BCUT2D eigenvalue weighted by Crippen LogP contribution is 2.41. The van der Waals surface area contributed by atoms with E-state index >= 15 is 0 Å². The van der Waals surface area contributed by atoms with Crippen LogP contribution in [0, 0.1) is 0 Å². The number of fused-ring (bicyclic) bond motifs is 1. The van der Waals surface area contributed by atoms with Gasteiger partial charge in [0.15, 0.2) is 5.13 Å². The number of β-lactam (4-membered cyclic amide) rings is 1. The Morgan fingerprint density at radius 3 is 2.67 bits per heavy atom. The summed E-state index contributed by atoms with van der Waals surface area (Å²) in [5, 5.41) is 27.3. The van der Waals surface area contributed by atoms with Crippen molar-refractivity contribution in [1.82, 2.24) is 34.7 Å². The first-order chi connectivity index (χ1) is 18.8. The highest BCUT2D eigenvalue weighted by atomic mass is 32.2. The van der Waals surface area contributed by atoms with E-state index in [1.807, 2.05) is 0 Å². The molecule has 0 saturated carbocycles. The van der Waals surface area contributed by atoms with Crippen molar-refractivity contribution in [3.8, 4) is 0 Å². The molecule has 0 aromatic carbocycles.